The van der Waals surface area contributed by atoms with Crippen LogP contribution in [0.5, 0.6) is 0 Å². The number of nitrogens with one attached hydrogen (secondary N) is 1. The van der Waals surface area contributed by atoms with Crippen LogP contribution >= 0.6 is 27.3 Å². The van der Waals surface area contributed by atoms with Crippen LogP contribution in [0.2, 0.25) is 0 Å². The Kier molecular flexibility index (Phi) is 4.53. The normalized spacial score (nSPS) is 10.5. The van der Waals surface area contributed by atoms with Crippen LogP contribution in [0, 0.1) is 0 Å². The second-order valence-electron chi connectivity index (χ2n) is 3.46. The molecular formula is C12H13BrN2OS. The SMILES string of the molecule is COCCNc1ncc(-c2ccc(Br)cc2)s1. The highest BCUT2D eigenvalue weighted by atomic mass is 79.9. The molecule has 90 valence electrons. The number of anilines is 1. The number of hydrogen-bond donors (Lipinski definition) is 1. The zero-order valence-electron chi connectivity index (χ0n) is 9.44. The van der Waals surface area contributed by atoms with Gasteiger partial charge in [0.2, 0.25) is 0 Å². The van der Waals surface area contributed by atoms with Crippen LogP contribution in [0.15, 0.2) is 34.9 Å². The minimum absolute atomic E-state index is 0.688. The number of nitrogens with zero attached hydrogens (tertiary/aromatic N) is 1. The van der Waals surface area contributed by atoms with Gasteiger partial charge < -0.3 is 10.1 Å². The Morgan fingerprint density at radius 3 is 2.82 bits per heavy atom. The van der Waals surface area contributed by atoms with E-state index in [1.54, 1.807) is 18.4 Å². The Hall–Kier alpha value is -0.910. The highest BCUT2D eigenvalue weighted by molar-refractivity contribution is 9.10. The van der Waals surface area contributed by atoms with Crippen molar-refractivity contribution in [1.29, 1.82) is 0 Å². The van der Waals surface area contributed by atoms with Crippen LogP contribution in [0.3, 0.4) is 0 Å². The van der Waals surface area contributed by atoms with E-state index in [4.69, 9.17) is 4.74 Å². The van der Waals surface area contributed by atoms with Gasteiger partial charge in [0.1, 0.15) is 0 Å². The van der Waals surface area contributed by atoms with Crippen molar-refractivity contribution in [2.75, 3.05) is 25.6 Å². The predicted molar refractivity (Wildman–Crippen MR) is 75.6 cm³/mol. The smallest absolute Gasteiger partial charge is 0.183 e. The lowest BCUT2D eigenvalue weighted by atomic mass is 10.2. The van der Waals surface area contributed by atoms with E-state index in [1.165, 1.54) is 5.56 Å². The van der Waals surface area contributed by atoms with E-state index < -0.39 is 0 Å². The summed E-state index contributed by atoms with van der Waals surface area (Å²) in [6, 6.07) is 8.23. The molecule has 0 saturated heterocycles. The number of methoxy groups -OCH3 is 1. The third kappa shape index (κ3) is 3.52. The maximum Gasteiger partial charge on any atom is 0.183 e. The van der Waals surface area contributed by atoms with Crippen molar-refractivity contribution in [3.63, 3.8) is 0 Å². The Morgan fingerprint density at radius 2 is 2.12 bits per heavy atom. The highest BCUT2D eigenvalue weighted by Crippen LogP contribution is 2.29. The molecule has 1 aromatic carbocycles. The lowest BCUT2D eigenvalue weighted by Crippen LogP contribution is -2.06. The molecule has 17 heavy (non-hydrogen) atoms. The topological polar surface area (TPSA) is 34.1 Å². The molecule has 0 aliphatic heterocycles. The maximum atomic E-state index is 4.98. The summed E-state index contributed by atoms with van der Waals surface area (Å²) < 4.78 is 6.06. The summed E-state index contributed by atoms with van der Waals surface area (Å²) in [5.74, 6) is 0. The van der Waals surface area contributed by atoms with E-state index in [0.29, 0.717) is 6.61 Å². The van der Waals surface area contributed by atoms with Crippen molar-refractivity contribution < 1.29 is 4.74 Å². The molecule has 0 amide bonds. The first-order valence-corrected chi connectivity index (χ1v) is 6.85. The van der Waals surface area contributed by atoms with Crippen LogP contribution < -0.4 is 5.32 Å². The molecule has 0 fully saturated rings. The van der Waals surface area contributed by atoms with E-state index >= 15 is 0 Å². The van der Waals surface area contributed by atoms with Crippen molar-refractivity contribution >= 4 is 32.4 Å². The van der Waals surface area contributed by atoms with E-state index in [9.17, 15) is 0 Å². The molecule has 0 radical (unpaired) electrons. The molecule has 0 bridgehead atoms. The number of aromatic nitrogens is 1. The summed E-state index contributed by atoms with van der Waals surface area (Å²) in [6.07, 6.45) is 1.89. The van der Waals surface area contributed by atoms with Crippen molar-refractivity contribution in [1.82, 2.24) is 4.98 Å². The van der Waals surface area contributed by atoms with Gasteiger partial charge in [0.15, 0.2) is 5.13 Å². The van der Waals surface area contributed by atoms with Gasteiger partial charge in [0.25, 0.3) is 0 Å². The molecule has 0 aliphatic carbocycles. The van der Waals surface area contributed by atoms with Crippen molar-refractivity contribution in [3.05, 3.63) is 34.9 Å². The lowest BCUT2D eigenvalue weighted by Gasteiger charge is -2.00. The minimum atomic E-state index is 0.688. The van der Waals surface area contributed by atoms with Gasteiger partial charge in [0, 0.05) is 24.3 Å². The zero-order chi connectivity index (χ0) is 12.1. The molecule has 2 aromatic rings. The van der Waals surface area contributed by atoms with Crippen molar-refractivity contribution in [2.45, 2.75) is 0 Å². The summed E-state index contributed by atoms with van der Waals surface area (Å²) >= 11 is 5.08. The van der Waals surface area contributed by atoms with Gasteiger partial charge in [-0.1, -0.05) is 39.4 Å². The molecule has 2 rings (SSSR count). The first-order valence-electron chi connectivity index (χ1n) is 5.24. The van der Waals surface area contributed by atoms with Crippen LogP contribution in [0.1, 0.15) is 0 Å². The molecule has 0 spiro atoms. The first-order chi connectivity index (χ1) is 8.29. The summed E-state index contributed by atoms with van der Waals surface area (Å²) in [5.41, 5.74) is 1.19. The Balaban J connectivity index is 2.04. The van der Waals surface area contributed by atoms with E-state index in [0.717, 1.165) is 21.0 Å². The van der Waals surface area contributed by atoms with Gasteiger partial charge in [-0.25, -0.2) is 4.98 Å². The third-order valence-corrected chi connectivity index (χ3v) is 3.75. The first kappa shape index (κ1) is 12.5. The second kappa shape index (κ2) is 6.14. The molecule has 0 atom stereocenters. The number of halogens is 1. The minimum Gasteiger partial charge on any atom is -0.383 e. The Bertz CT molecular complexity index is 470. The fourth-order valence-electron chi connectivity index (χ4n) is 1.36. The van der Waals surface area contributed by atoms with E-state index in [1.807, 2.05) is 18.3 Å². The lowest BCUT2D eigenvalue weighted by molar-refractivity contribution is 0.211. The summed E-state index contributed by atoms with van der Waals surface area (Å²) in [4.78, 5) is 5.49. The van der Waals surface area contributed by atoms with E-state index in [-0.39, 0.29) is 0 Å². The van der Waals surface area contributed by atoms with Crippen LogP contribution in [-0.2, 0) is 4.74 Å². The number of hydrogen-bond acceptors (Lipinski definition) is 4. The number of thiazole rings is 1. The van der Waals surface area contributed by atoms with Gasteiger partial charge in [-0.05, 0) is 17.7 Å². The third-order valence-electron chi connectivity index (χ3n) is 2.22. The van der Waals surface area contributed by atoms with Gasteiger partial charge in [0.05, 0.1) is 11.5 Å². The molecule has 1 aromatic heterocycles. The van der Waals surface area contributed by atoms with Gasteiger partial charge in [-0.2, -0.15) is 0 Å². The quantitative estimate of drug-likeness (QED) is 0.856. The summed E-state index contributed by atoms with van der Waals surface area (Å²) in [6.45, 7) is 1.47. The van der Waals surface area contributed by atoms with Crippen LogP contribution in [0.4, 0.5) is 5.13 Å². The number of ether oxygens (including phenoxy) is 1. The number of rotatable bonds is 5. The van der Waals surface area contributed by atoms with Gasteiger partial charge in [-0.3, -0.25) is 0 Å². The fourth-order valence-corrected chi connectivity index (χ4v) is 2.48. The van der Waals surface area contributed by atoms with Crippen molar-refractivity contribution in [2.24, 2.45) is 0 Å². The molecule has 0 saturated carbocycles. The number of benzene rings is 1. The molecule has 3 nitrogen and oxygen atoms in total. The molecule has 5 heteroatoms. The summed E-state index contributed by atoms with van der Waals surface area (Å²) in [7, 11) is 1.69. The summed E-state index contributed by atoms with van der Waals surface area (Å²) in [5, 5.41) is 4.15. The molecular weight excluding hydrogens is 300 g/mol. The fraction of sp³-hybridized carbons (Fsp3) is 0.250. The largest absolute Gasteiger partial charge is 0.383 e. The maximum absolute atomic E-state index is 4.98. The Labute approximate surface area is 113 Å². The average Bonchev–Trinajstić information content (AvgIpc) is 2.79. The van der Waals surface area contributed by atoms with Crippen LogP contribution in [0.25, 0.3) is 10.4 Å². The monoisotopic (exact) mass is 312 g/mol. The standard InChI is InChI=1S/C12H13BrN2OS/c1-16-7-6-14-12-15-8-11(17-12)9-2-4-10(13)5-3-9/h2-5,8H,6-7H2,1H3,(H,14,15). The van der Waals surface area contributed by atoms with E-state index in [2.05, 4.69) is 38.4 Å². The van der Waals surface area contributed by atoms with Crippen LogP contribution in [-0.4, -0.2) is 25.2 Å². The average molecular weight is 313 g/mol. The predicted octanol–water partition coefficient (Wildman–Crippen LogP) is 3.63. The second-order valence-corrected chi connectivity index (χ2v) is 5.40. The highest BCUT2D eigenvalue weighted by Gasteiger charge is 2.03. The Morgan fingerprint density at radius 1 is 1.35 bits per heavy atom. The molecule has 0 aliphatic rings. The molecule has 0 unspecified atom stereocenters. The molecule has 1 N–H and O–H groups in total. The zero-order valence-corrected chi connectivity index (χ0v) is 11.8. The van der Waals surface area contributed by atoms with Gasteiger partial charge >= 0.3 is 0 Å². The van der Waals surface area contributed by atoms with Gasteiger partial charge in [-0.15, -0.1) is 0 Å². The van der Waals surface area contributed by atoms with Crippen molar-refractivity contribution in [3.8, 4) is 10.4 Å². The molecule has 1 heterocycles.